The molecule has 29 heavy (non-hydrogen) atoms. The van der Waals surface area contributed by atoms with E-state index >= 15 is 0 Å². The summed E-state index contributed by atoms with van der Waals surface area (Å²) in [6.07, 6.45) is 1.55. The molecule has 0 aliphatic carbocycles. The summed E-state index contributed by atoms with van der Waals surface area (Å²) in [6.45, 7) is 3.85. The zero-order valence-corrected chi connectivity index (χ0v) is 16.8. The van der Waals surface area contributed by atoms with E-state index in [1.165, 1.54) is 30.5 Å². The molecule has 150 valence electrons. The average Bonchev–Trinajstić information content (AvgIpc) is 2.69. The summed E-state index contributed by atoms with van der Waals surface area (Å²) < 4.78 is 32.8. The minimum Gasteiger partial charge on any atom is -0.491 e. The van der Waals surface area contributed by atoms with Gasteiger partial charge in [-0.15, -0.1) is 0 Å². The van der Waals surface area contributed by atoms with Crippen LogP contribution in [0, 0.1) is 0 Å². The Hall–Kier alpha value is -3.39. The predicted octanol–water partition coefficient (Wildman–Crippen LogP) is 3.92. The Labute approximate surface area is 169 Å². The number of sulfonamides is 1. The van der Waals surface area contributed by atoms with E-state index in [1.54, 1.807) is 42.5 Å². The molecule has 0 aliphatic rings. The van der Waals surface area contributed by atoms with Crippen molar-refractivity contribution in [2.24, 2.45) is 0 Å². The molecule has 1 amide bonds. The highest BCUT2D eigenvalue weighted by Gasteiger charge is 2.15. The maximum absolute atomic E-state index is 12.4. The first-order valence-corrected chi connectivity index (χ1v) is 10.4. The lowest BCUT2D eigenvalue weighted by atomic mass is 10.2. The lowest BCUT2D eigenvalue weighted by molar-refractivity contribution is 0.102. The number of nitrogens with zero attached hydrogens (tertiary/aromatic N) is 1. The molecule has 1 aromatic heterocycles. The summed E-state index contributed by atoms with van der Waals surface area (Å²) in [4.78, 5) is 16.4. The quantitative estimate of drug-likeness (QED) is 0.614. The molecule has 7 nitrogen and oxygen atoms in total. The number of carbonyl (C=O) groups excluding carboxylic acids is 1. The number of hydrogen-bond acceptors (Lipinski definition) is 5. The molecule has 8 heteroatoms. The number of hydrogen-bond donors (Lipinski definition) is 2. The minimum absolute atomic E-state index is 0.0524. The highest BCUT2D eigenvalue weighted by atomic mass is 32.2. The Morgan fingerprint density at radius 1 is 0.966 bits per heavy atom. The first-order valence-electron chi connectivity index (χ1n) is 8.95. The van der Waals surface area contributed by atoms with Crippen LogP contribution in [0.15, 0.2) is 77.8 Å². The van der Waals surface area contributed by atoms with Gasteiger partial charge in [-0.2, -0.15) is 0 Å². The van der Waals surface area contributed by atoms with Crippen molar-refractivity contribution in [1.29, 1.82) is 0 Å². The molecule has 0 fully saturated rings. The monoisotopic (exact) mass is 411 g/mol. The van der Waals surface area contributed by atoms with Crippen molar-refractivity contribution in [3.8, 4) is 5.75 Å². The Balaban J connectivity index is 1.66. The first-order chi connectivity index (χ1) is 13.8. The third-order valence-electron chi connectivity index (χ3n) is 3.81. The Morgan fingerprint density at radius 3 is 2.24 bits per heavy atom. The molecule has 0 aliphatic heterocycles. The molecular formula is C21H21N3O4S. The van der Waals surface area contributed by atoms with Gasteiger partial charge in [-0.3, -0.25) is 9.52 Å². The standard InChI is InChI=1S/C21H21N3O4S/c1-15(2)28-18-10-6-16(7-11-18)21(25)23-17-8-12-19(13-9-17)29(26,27)24-20-5-3-4-14-22-20/h3-15H,1-2H3,(H,22,24)(H,23,25). The van der Waals surface area contributed by atoms with Gasteiger partial charge in [0.15, 0.2) is 0 Å². The molecule has 2 aromatic carbocycles. The second kappa shape index (κ2) is 8.74. The molecule has 2 N–H and O–H groups in total. The zero-order chi connectivity index (χ0) is 20.9. The van der Waals surface area contributed by atoms with Crippen molar-refractivity contribution in [3.63, 3.8) is 0 Å². The summed E-state index contributed by atoms with van der Waals surface area (Å²) in [6, 6.07) is 17.6. The molecule has 0 saturated carbocycles. The Morgan fingerprint density at radius 2 is 1.66 bits per heavy atom. The lowest BCUT2D eigenvalue weighted by Crippen LogP contribution is -2.14. The highest BCUT2D eigenvalue weighted by molar-refractivity contribution is 7.92. The Bertz CT molecular complexity index is 1070. The molecule has 3 rings (SSSR count). The van der Waals surface area contributed by atoms with Gasteiger partial charge in [0.1, 0.15) is 11.6 Å². The molecule has 0 bridgehead atoms. The van der Waals surface area contributed by atoms with E-state index in [-0.39, 0.29) is 22.7 Å². The van der Waals surface area contributed by atoms with Crippen molar-refractivity contribution < 1.29 is 17.9 Å². The SMILES string of the molecule is CC(C)Oc1ccc(C(=O)Nc2ccc(S(=O)(=O)Nc3ccccn3)cc2)cc1. The predicted molar refractivity (Wildman–Crippen MR) is 112 cm³/mol. The molecule has 0 unspecified atom stereocenters. The van der Waals surface area contributed by atoms with Crippen LogP contribution >= 0.6 is 0 Å². The fraction of sp³-hybridized carbons (Fsp3) is 0.143. The van der Waals surface area contributed by atoms with Gasteiger partial charge >= 0.3 is 0 Å². The van der Waals surface area contributed by atoms with Gasteiger partial charge in [-0.05, 0) is 74.5 Å². The lowest BCUT2D eigenvalue weighted by Gasteiger charge is -2.11. The Kier molecular flexibility index (Phi) is 6.13. The van der Waals surface area contributed by atoms with Gasteiger partial charge in [0.2, 0.25) is 0 Å². The average molecular weight is 411 g/mol. The molecule has 0 radical (unpaired) electrons. The highest BCUT2D eigenvalue weighted by Crippen LogP contribution is 2.19. The summed E-state index contributed by atoms with van der Waals surface area (Å²) in [5.41, 5.74) is 0.948. The molecule has 3 aromatic rings. The van der Waals surface area contributed by atoms with Crippen LogP contribution in [0.3, 0.4) is 0 Å². The normalized spacial score (nSPS) is 11.1. The number of nitrogens with one attached hydrogen (secondary N) is 2. The van der Waals surface area contributed by atoms with Crippen LogP contribution in [0.2, 0.25) is 0 Å². The van der Waals surface area contributed by atoms with E-state index in [9.17, 15) is 13.2 Å². The van der Waals surface area contributed by atoms with Gasteiger partial charge < -0.3 is 10.1 Å². The van der Waals surface area contributed by atoms with Crippen LogP contribution in [-0.2, 0) is 10.0 Å². The number of amides is 1. The second-order valence-corrected chi connectivity index (χ2v) is 8.17. The van der Waals surface area contributed by atoms with Crippen LogP contribution in [0.25, 0.3) is 0 Å². The maximum atomic E-state index is 12.4. The third kappa shape index (κ3) is 5.55. The molecular weight excluding hydrogens is 390 g/mol. The summed E-state index contributed by atoms with van der Waals surface area (Å²) in [5.74, 6) is 0.615. The van der Waals surface area contributed by atoms with Gasteiger partial charge in [0.05, 0.1) is 11.0 Å². The van der Waals surface area contributed by atoms with E-state index in [4.69, 9.17) is 4.74 Å². The maximum Gasteiger partial charge on any atom is 0.263 e. The van der Waals surface area contributed by atoms with Crippen LogP contribution < -0.4 is 14.8 Å². The zero-order valence-electron chi connectivity index (χ0n) is 16.0. The number of benzene rings is 2. The number of rotatable bonds is 7. The smallest absolute Gasteiger partial charge is 0.263 e. The first kappa shape index (κ1) is 20.3. The van der Waals surface area contributed by atoms with Gasteiger partial charge in [0.25, 0.3) is 15.9 Å². The van der Waals surface area contributed by atoms with E-state index in [0.717, 1.165) is 0 Å². The fourth-order valence-electron chi connectivity index (χ4n) is 2.50. The van der Waals surface area contributed by atoms with Crippen molar-refractivity contribution in [2.75, 3.05) is 10.0 Å². The number of anilines is 2. The van der Waals surface area contributed by atoms with E-state index in [0.29, 0.717) is 17.0 Å². The second-order valence-electron chi connectivity index (χ2n) is 6.49. The van der Waals surface area contributed by atoms with Crippen LogP contribution in [0.5, 0.6) is 5.75 Å². The van der Waals surface area contributed by atoms with Gasteiger partial charge in [0, 0.05) is 17.4 Å². The molecule has 1 heterocycles. The third-order valence-corrected chi connectivity index (χ3v) is 5.19. The van der Waals surface area contributed by atoms with Gasteiger partial charge in [-0.25, -0.2) is 13.4 Å². The number of aromatic nitrogens is 1. The van der Waals surface area contributed by atoms with Crippen LogP contribution in [0.4, 0.5) is 11.5 Å². The number of ether oxygens (including phenoxy) is 1. The van der Waals surface area contributed by atoms with Crippen molar-refractivity contribution >= 4 is 27.4 Å². The molecule has 0 saturated heterocycles. The summed E-state index contributed by atoms with van der Waals surface area (Å²) in [5, 5.41) is 2.74. The van der Waals surface area contributed by atoms with E-state index < -0.39 is 10.0 Å². The molecule has 0 atom stereocenters. The number of pyridine rings is 1. The summed E-state index contributed by atoms with van der Waals surface area (Å²) >= 11 is 0. The largest absolute Gasteiger partial charge is 0.491 e. The van der Waals surface area contributed by atoms with Crippen LogP contribution in [0.1, 0.15) is 24.2 Å². The van der Waals surface area contributed by atoms with Crippen LogP contribution in [-0.4, -0.2) is 25.4 Å². The van der Waals surface area contributed by atoms with Crippen molar-refractivity contribution in [2.45, 2.75) is 24.8 Å². The minimum atomic E-state index is -3.76. The van der Waals surface area contributed by atoms with E-state index in [2.05, 4.69) is 15.0 Å². The summed E-state index contributed by atoms with van der Waals surface area (Å²) in [7, 11) is -3.76. The van der Waals surface area contributed by atoms with E-state index in [1.807, 2.05) is 13.8 Å². The van der Waals surface area contributed by atoms with Crippen molar-refractivity contribution in [1.82, 2.24) is 4.98 Å². The van der Waals surface area contributed by atoms with Gasteiger partial charge in [-0.1, -0.05) is 6.07 Å². The van der Waals surface area contributed by atoms with Crippen molar-refractivity contribution in [3.05, 3.63) is 78.5 Å². The number of carbonyl (C=O) groups is 1. The fourth-order valence-corrected chi connectivity index (χ4v) is 3.51. The topological polar surface area (TPSA) is 97.4 Å². The molecule has 0 spiro atoms.